The van der Waals surface area contributed by atoms with E-state index in [9.17, 15) is 0 Å². The molecule has 2 nitrogen and oxygen atoms in total. The Balaban J connectivity index is 0.000000112. The van der Waals surface area contributed by atoms with E-state index in [1.165, 1.54) is 25.0 Å². The molecule has 0 aromatic rings. The Hall–Kier alpha value is -0.920. The molecule has 2 bridgehead atoms. The normalized spacial score (nSPS) is 32.6. The fraction of sp³-hybridized carbons (Fsp3) is 0.667. The van der Waals surface area contributed by atoms with Gasteiger partial charge in [-0.25, -0.2) is 0 Å². The fourth-order valence-electron chi connectivity index (χ4n) is 2.50. The molecule has 14 heavy (non-hydrogen) atoms. The third-order valence-electron chi connectivity index (χ3n) is 3.37. The molecule has 78 valence electrons. The molecule has 0 unspecified atom stereocenters. The van der Waals surface area contributed by atoms with Crippen LogP contribution < -0.4 is 0 Å². The van der Waals surface area contributed by atoms with Crippen molar-refractivity contribution in [2.75, 3.05) is 0 Å². The topological polar surface area (TPSA) is 18.5 Å². The van der Waals surface area contributed by atoms with Crippen molar-refractivity contribution in [1.29, 1.82) is 0 Å². The molecule has 0 N–H and O–H groups in total. The van der Waals surface area contributed by atoms with Crippen molar-refractivity contribution in [3.63, 3.8) is 0 Å². The van der Waals surface area contributed by atoms with Crippen molar-refractivity contribution in [2.24, 2.45) is 11.8 Å². The van der Waals surface area contributed by atoms with Crippen molar-refractivity contribution < 1.29 is 9.47 Å². The summed E-state index contributed by atoms with van der Waals surface area (Å²) in [7, 11) is 0. The van der Waals surface area contributed by atoms with E-state index in [-0.39, 0.29) is 0 Å². The quantitative estimate of drug-likeness (QED) is 0.587. The molecule has 4 aliphatic rings. The van der Waals surface area contributed by atoms with Gasteiger partial charge >= 0.3 is 0 Å². The van der Waals surface area contributed by atoms with Gasteiger partial charge in [0.15, 0.2) is 0 Å². The molecule has 0 spiro atoms. The van der Waals surface area contributed by atoms with E-state index in [0.29, 0.717) is 0 Å². The number of fused-ring (bicyclic) bond motifs is 3. The van der Waals surface area contributed by atoms with Gasteiger partial charge in [-0.05, 0) is 11.8 Å². The van der Waals surface area contributed by atoms with E-state index in [0.717, 1.165) is 11.8 Å². The zero-order valence-electron chi connectivity index (χ0n) is 8.52. The molecule has 0 saturated heterocycles. The summed E-state index contributed by atoms with van der Waals surface area (Å²) in [6.07, 6.45) is 15.2. The zero-order valence-corrected chi connectivity index (χ0v) is 8.52. The van der Waals surface area contributed by atoms with Crippen LogP contribution in [0.3, 0.4) is 0 Å². The molecule has 4 rings (SSSR count). The van der Waals surface area contributed by atoms with E-state index in [2.05, 4.69) is 9.47 Å². The van der Waals surface area contributed by atoms with Gasteiger partial charge in [0.05, 0.1) is 0 Å². The molecule has 2 heteroatoms. The summed E-state index contributed by atoms with van der Waals surface area (Å²) in [5, 5.41) is 0. The summed E-state index contributed by atoms with van der Waals surface area (Å²) < 4.78 is 9.17. The first-order valence-corrected chi connectivity index (χ1v) is 5.56. The van der Waals surface area contributed by atoms with Crippen molar-refractivity contribution in [1.82, 2.24) is 0 Å². The molecule has 1 heterocycles. The Morgan fingerprint density at radius 1 is 0.571 bits per heavy atom. The third kappa shape index (κ3) is 2.79. The van der Waals surface area contributed by atoms with Crippen LogP contribution in [0, 0.1) is 11.8 Å². The smallest absolute Gasteiger partial charge is 0.125 e. The van der Waals surface area contributed by atoms with Crippen LogP contribution >= 0.6 is 0 Å². The van der Waals surface area contributed by atoms with Gasteiger partial charge < -0.3 is 9.47 Å². The monoisotopic (exact) mass is 194 g/mol. The van der Waals surface area contributed by atoms with Gasteiger partial charge in [-0.2, -0.15) is 0 Å². The molecule has 3 fully saturated rings. The van der Waals surface area contributed by atoms with Gasteiger partial charge in [0, 0.05) is 0 Å². The number of hydrogen-bond donors (Lipinski definition) is 0. The lowest BCUT2D eigenvalue weighted by Crippen LogP contribution is -2.21. The third-order valence-corrected chi connectivity index (χ3v) is 3.37. The fourth-order valence-corrected chi connectivity index (χ4v) is 2.50. The van der Waals surface area contributed by atoms with Crippen LogP contribution in [0.2, 0.25) is 0 Å². The summed E-state index contributed by atoms with van der Waals surface area (Å²) in [5.74, 6) is 2.31. The summed E-state index contributed by atoms with van der Waals surface area (Å²) in [6.45, 7) is 0. The van der Waals surface area contributed by atoms with Gasteiger partial charge in [-0.3, -0.25) is 0 Å². The van der Waals surface area contributed by atoms with E-state index in [1.54, 1.807) is 38.5 Å². The maximum atomic E-state index is 4.58. The van der Waals surface area contributed by atoms with Gasteiger partial charge in [-0.1, -0.05) is 38.5 Å². The minimum absolute atomic E-state index is 1.15. The molecular formula is C12H18O2. The number of ether oxygens (including phenoxy) is 2. The van der Waals surface area contributed by atoms with Crippen LogP contribution in [-0.2, 0) is 9.47 Å². The Morgan fingerprint density at radius 2 is 0.857 bits per heavy atom. The van der Waals surface area contributed by atoms with E-state index in [1.807, 2.05) is 0 Å². The van der Waals surface area contributed by atoms with Crippen LogP contribution in [0.5, 0.6) is 0 Å². The van der Waals surface area contributed by atoms with E-state index < -0.39 is 0 Å². The van der Waals surface area contributed by atoms with Crippen molar-refractivity contribution in [3.8, 4) is 0 Å². The second kappa shape index (κ2) is 5.08. The molecular weight excluding hydrogens is 176 g/mol. The molecule has 0 aromatic carbocycles. The first kappa shape index (κ1) is 9.63. The van der Waals surface area contributed by atoms with E-state index >= 15 is 0 Å². The second-order valence-corrected chi connectivity index (χ2v) is 4.28. The molecule has 0 amide bonds. The average molecular weight is 194 g/mol. The van der Waals surface area contributed by atoms with Crippen LogP contribution in [0.25, 0.3) is 0 Å². The minimum atomic E-state index is 1.15. The first-order chi connectivity index (χ1) is 6.95. The van der Waals surface area contributed by atoms with Gasteiger partial charge in [0.1, 0.15) is 25.0 Å². The van der Waals surface area contributed by atoms with Gasteiger partial charge in [0.25, 0.3) is 0 Å². The van der Waals surface area contributed by atoms with Crippen LogP contribution in [0.4, 0.5) is 0 Å². The van der Waals surface area contributed by atoms with E-state index in [4.69, 9.17) is 0 Å². The predicted octanol–water partition coefficient (Wildman–Crippen LogP) is 3.56. The van der Waals surface area contributed by atoms with Crippen molar-refractivity contribution >= 4 is 0 Å². The zero-order chi connectivity index (χ0) is 9.64. The highest BCUT2D eigenvalue weighted by molar-refractivity contribution is 4.79. The van der Waals surface area contributed by atoms with Gasteiger partial charge in [-0.15, -0.1) is 0 Å². The van der Waals surface area contributed by atoms with Gasteiger partial charge in [0.2, 0.25) is 0 Å². The van der Waals surface area contributed by atoms with Crippen LogP contribution in [0.1, 0.15) is 38.5 Å². The maximum absolute atomic E-state index is 4.58. The summed E-state index contributed by atoms with van der Waals surface area (Å²) in [4.78, 5) is 0. The SMILES string of the molecule is C1=COC=CO1.C1CC2CCC1CC2. The number of hydrogen-bond acceptors (Lipinski definition) is 2. The van der Waals surface area contributed by atoms with Crippen LogP contribution in [0.15, 0.2) is 25.0 Å². The highest BCUT2D eigenvalue weighted by Crippen LogP contribution is 2.40. The molecule has 3 saturated carbocycles. The Labute approximate surface area is 85.6 Å². The maximum Gasteiger partial charge on any atom is 0.125 e. The lowest BCUT2D eigenvalue weighted by Gasteiger charge is -2.35. The largest absolute Gasteiger partial charge is 0.466 e. The lowest BCUT2D eigenvalue weighted by molar-refractivity contribution is 0.176. The Kier molecular flexibility index (Phi) is 3.50. The molecule has 3 aliphatic carbocycles. The summed E-state index contributed by atoms with van der Waals surface area (Å²) >= 11 is 0. The predicted molar refractivity (Wildman–Crippen MR) is 55.1 cm³/mol. The number of rotatable bonds is 0. The Morgan fingerprint density at radius 3 is 1.00 bits per heavy atom. The standard InChI is InChI=1S/C8H14.C4H4O2/c1-2-8-5-3-7(1)4-6-8;1-2-6-4-3-5-1/h7-8H,1-6H2;1-4H. The second-order valence-electron chi connectivity index (χ2n) is 4.28. The van der Waals surface area contributed by atoms with Crippen molar-refractivity contribution in [3.05, 3.63) is 25.0 Å². The molecule has 1 aliphatic heterocycles. The highest BCUT2D eigenvalue weighted by Gasteiger charge is 2.26. The van der Waals surface area contributed by atoms with Crippen molar-refractivity contribution in [2.45, 2.75) is 38.5 Å². The molecule has 0 atom stereocenters. The average Bonchev–Trinajstić information content (AvgIpc) is 2.35. The van der Waals surface area contributed by atoms with Crippen LogP contribution in [-0.4, -0.2) is 0 Å². The molecule has 0 aromatic heterocycles. The summed E-state index contributed by atoms with van der Waals surface area (Å²) in [5.41, 5.74) is 0. The Bertz CT molecular complexity index is 169. The lowest BCUT2D eigenvalue weighted by atomic mass is 9.71. The highest BCUT2D eigenvalue weighted by atomic mass is 16.5. The summed E-state index contributed by atoms with van der Waals surface area (Å²) in [6, 6.07) is 0. The molecule has 0 radical (unpaired) electrons. The minimum Gasteiger partial charge on any atom is -0.466 e. The first-order valence-electron chi connectivity index (χ1n) is 5.56.